The van der Waals surface area contributed by atoms with Gasteiger partial charge in [-0.25, -0.2) is 4.98 Å². The molecule has 0 saturated carbocycles. The number of fused-ring (bicyclic) bond motifs is 1. The molecule has 1 aromatic heterocycles. The molecule has 2 N–H and O–H groups in total. The first kappa shape index (κ1) is 16.6. The summed E-state index contributed by atoms with van der Waals surface area (Å²) in [6.07, 6.45) is 3.15. The predicted molar refractivity (Wildman–Crippen MR) is 90.6 cm³/mol. The second kappa shape index (κ2) is 6.45. The van der Waals surface area contributed by atoms with Gasteiger partial charge in [0, 0.05) is 24.9 Å². The number of piperidine rings is 1. The van der Waals surface area contributed by atoms with Gasteiger partial charge in [-0.05, 0) is 25.9 Å². The van der Waals surface area contributed by atoms with Crippen LogP contribution < -0.4 is 16.2 Å². The van der Waals surface area contributed by atoms with Crippen LogP contribution in [0.5, 0.6) is 0 Å². The zero-order valence-corrected chi connectivity index (χ0v) is 14.6. The van der Waals surface area contributed by atoms with Gasteiger partial charge in [0.25, 0.3) is 11.5 Å². The van der Waals surface area contributed by atoms with E-state index in [0.717, 1.165) is 31.7 Å². The van der Waals surface area contributed by atoms with Crippen molar-refractivity contribution in [2.75, 3.05) is 25.4 Å². The first-order chi connectivity index (χ1) is 12.1. The van der Waals surface area contributed by atoms with E-state index in [1.807, 2.05) is 0 Å². The third-order valence-corrected chi connectivity index (χ3v) is 6.15. The van der Waals surface area contributed by atoms with Gasteiger partial charge >= 0.3 is 5.97 Å². The maximum atomic E-state index is 12.3. The molecule has 8 nitrogen and oxygen atoms in total. The van der Waals surface area contributed by atoms with Crippen LogP contribution in [0.15, 0.2) is 16.1 Å². The van der Waals surface area contributed by atoms with Crippen molar-refractivity contribution >= 4 is 23.6 Å². The minimum absolute atomic E-state index is 0.0344. The van der Waals surface area contributed by atoms with Crippen molar-refractivity contribution in [3.8, 4) is 0 Å². The number of nitrogens with one attached hydrogen (secondary N) is 2. The van der Waals surface area contributed by atoms with Crippen molar-refractivity contribution in [2.45, 2.75) is 37.1 Å². The van der Waals surface area contributed by atoms with Gasteiger partial charge in [0.05, 0.1) is 12.0 Å². The molecule has 4 heterocycles. The minimum atomic E-state index is -0.466. The van der Waals surface area contributed by atoms with Gasteiger partial charge in [-0.2, -0.15) is 0 Å². The molecule has 4 rings (SSSR count). The molecule has 9 heteroatoms. The number of carbonyl (C=O) groups is 2. The molecule has 3 aliphatic heterocycles. The van der Waals surface area contributed by atoms with Gasteiger partial charge in [0.2, 0.25) is 0 Å². The second-order valence-electron chi connectivity index (χ2n) is 6.73. The van der Waals surface area contributed by atoms with E-state index in [-0.39, 0.29) is 29.7 Å². The highest BCUT2D eigenvalue weighted by Gasteiger charge is 2.49. The molecule has 1 amide bonds. The summed E-state index contributed by atoms with van der Waals surface area (Å²) < 4.78 is 6.99. The molecular formula is C16H20N4O4S. The van der Waals surface area contributed by atoms with Crippen LogP contribution in [-0.2, 0) is 16.1 Å². The quantitative estimate of drug-likeness (QED) is 0.564. The van der Waals surface area contributed by atoms with Crippen molar-refractivity contribution in [1.82, 2.24) is 20.2 Å². The van der Waals surface area contributed by atoms with Crippen molar-refractivity contribution < 1.29 is 14.3 Å². The highest BCUT2D eigenvalue weighted by Crippen LogP contribution is 2.41. The predicted octanol–water partition coefficient (Wildman–Crippen LogP) is -0.236. The maximum absolute atomic E-state index is 12.3. The fourth-order valence-corrected chi connectivity index (χ4v) is 4.65. The first-order valence-electron chi connectivity index (χ1n) is 8.52. The van der Waals surface area contributed by atoms with E-state index < -0.39 is 11.3 Å². The van der Waals surface area contributed by atoms with Gasteiger partial charge in [0.1, 0.15) is 11.7 Å². The average molecular weight is 364 g/mol. The van der Waals surface area contributed by atoms with Crippen LogP contribution in [0, 0.1) is 5.41 Å². The summed E-state index contributed by atoms with van der Waals surface area (Å²) in [5, 5.41) is 6.62. The lowest BCUT2D eigenvalue weighted by atomic mass is 9.76. The standard InChI is InChI=1S/C16H20N4O4S/c21-12(11-9-19-15-20(13(11)22)5-6-25-15)18-8-10-7-16(14(23)24-10)1-3-17-4-2-16/h9-10,17H,1-8H2,(H,18,21). The Labute approximate surface area is 148 Å². The number of amides is 1. The Balaban J connectivity index is 1.40. The highest BCUT2D eigenvalue weighted by atomic mass is 32.2. The molecule has 1 unspecified atom stereocenters. The molecule has 0 aliphatic carbocycles. The third-order valence-electron chi connectivity index (χ3n) is 5.18. The van der Waals surface area contributed by atoms with Crippen LogP contribution in [-0.4, -0.2) is 52.9 Å². The molecule has 3 aliphatic rings. The Morgan fingerprint density at radius 2 is 2.24 bits per heavy atom. The summed E-state index contributed by atoms with van der Waals surface area (Å²) in [5.74, 6) is 0.166. The van der Waals surface area contributed by atoms with Crippen LogP contribution in [0.25, 0.3) is 0 Å². The van der Waals surface area contributed by atoms with Crippen LogP contribution in [0.4, 0.5) is 0 Å². The maximum Gasteiger partial charge on any atom is 0.312 e. The van der Waals surface area contributed by atoms with Crippen molar-refractivity contribution in [1.29, 1.82) is 0 Å². The zero-order chi connectivity index (χ0) is 17.4. The fourth-order valence-electron chi connectivity index (χ4n) is 3.74. The van der Waals surface area contributed by atoms with Gasteiger partial charge in [-0.15, -0.1) is 0 Å². The molecule has 0 bridgehead atoms. The number of thioether (sulfide) groups is 1. The Morgan fingerprint density at radius 1 is 1.44 bits per heavy atom. The van der Waals surface area contributed by atoms with Crippen LogP contribution >= 0.6 is 11.8 Å². The molecular weight excluding hydrogens is 344 g/mol. The number of hydrogen-bond donors (Lipinski definition) is 2. The molecule has 0 radical (unpaired) electrons. The molecule has 0 aromatic carbocycles. The normalized spacial score (nSPS) is 24.2. The fraction of sp³-hybridized carbons (Fsp3) is 0.625. The number of nitrogens with zero attached hydrogens (tertiary/aromatic N) is 2. The number of cyclic esters (lactones) is 1. The van der Waals surface area contributed by atoms with Crippen molar-refractivity contribution in [2.24, 2.45) is 5.41 Å². The van der Waals surface area contributed by atoms with Crippen molar-refractivity contribution in [3.63, 3.8) is 0 Å². The molecule has 1 spiro atoms. The second-order valence-corrected chi connectivity index (χ2v) is 7.79. The van der Waals surface area contributed by atoms with Gasteiger partial charge in [-0.3, -0.25) is 19.0 Å². The van der Waals surface area contributed by atoms with E-state index in [9.17, 15) is 14.4 Å². The van der Waals surface area contributed by atoms with Gasteiger partial charge < -0.3 is 15.4 Å². The van der Waals surface area contributed by atoms with E-state index in [1.165, 1.54) is 22.5 Å². The summed E-state index contributed by atoms with van der Waals surface area (Å²) in [5.41, 5.74) is -0.690. The lowest BCUT2D eigenvalue weighted by Crippen LogP contribution is -2.40. The summed E-state index contributed by atoms with van der Waals surface area (Å²) in [6.45, 7) is 2.41. The number of ether oxygens (including phenoxy) is 1. The van der Waals surface area contributed by atoms with E-state index in [4.69, 9.17) is 4.74 Å². The lowest BCUT2D eigenvalue weighted by molar-refractivity contribution is -0.149. The monoisotopic (exact) mass is 364 g/mol. The lowest BCUT2D eigenvalue weighted by Gasteiger charge is -2.29. The number of esters is 1. The molecule has 1 atom stereocenters. The minimum Gasteiger partial charge on any atom is -0.460 e. The number of hydrogen-bond acceptors (Lipinski definition) is 7. The largest absolute Gasteiger partial charge is 0.460 e. The van der Waals surface area contributed by atoms with Crippen LogP contribution in [0.3, 0.4) is 0 Å². The van der Waals surface area contributed by atoms with Crippen LogP contribution in [0.2, 0.25) is 0 Å². The molecule has 2 fully saturated rings. The molecule has 2 saturated heterocycles. The smallest absolute Gasteiger partial charge is 0.312 e. The summed E-state index contributed by atoms with van der Waals surface area (Å²) in [7, 11) is 0. The topological polar surface area (TPSA) is 102 Å². The summed E-state index contributed by atoms with van der Waals surface area (Å²) >= 11 is 1.51. The Kier molecular flexibility index (Phi) is 4.28. The summed E-state index contributed by atoms with van der Waals surface area (Å²) in [4.78, 5) is 41.1. The summed E-state index contributed by atoms with van der Waals surface area (Å²) in [6, 6.07) is 0. The van der Waals surface area contributed by atoms with Crippen molar-refractivity contribution in [3.05, 3.63) is 22.1 Å². The van der Waals surface area contributed by atoms with Gasteiger partial charge in [-0.1, -0.05) is 11.8 Å². The van der Waals surface area contributed by atoms with E-state index >= 15 is 0 Å². The SMILES string of the molecule is O=C(NCC1CC2(CCNCC2)C(=O)O1)c1cnc2n(c1=O)CCS2. The zero-order valence-electron chi connectivity index (χ0n) is 13.7. The van der Waals surface area contributed by atoms with E-state index in [0.29, 0.717) is 18.1 Å². The average Bonchev–Trinajstić information content (AvgIpc) is 3.20. The highest BCUT2D eigenvalue weighted by molar-refractivity contribution is 7.99. The Bertz CT molecular complexity index is 772. The number of aromatic nitrogens is 2. The molecule has 1 aromatic rings. The van der Waals surface area contributed by atoms with Gasteiger partial charge in [0.15, 0.2) is 5.16 Å². The van der Waals surface area contributed by atoms with E-state index in [2.05, 4.69) is 15.6 Å². The van der Waals surface area contributed by atoms with Crippen LogP contribution in [0.1, 0.15) is 29.6 Å². The Morgan fingerprint density at radius 3 is 3.04 bits per heavy atom. The number of carbonyl (C=O) groups excluding carboxylic acids is 2. The molecule has 134 valence electrons. The first-order valence-corrected chi connectivity index (χ1v) is 9.50. The third kappa shape index (κ3) is 2.95. The molecule has 25 heavy (non-hydrogen) atoms. The Hall–Kier alpha value is -1.87. The van der Waals surface area contributed by atoms with E-state index in [1.54, 1.807) is 0 Å². The number of rotatable bonds is 3.